The number of carboxylic acids is 1. The van der Waals surface area contributed by atoms with Gasteiger partial charge in [0.15, 0.2) is 0 Å². The van der Waals surface area contributed by atoms with Crippen molar-refractivity contribution in [3.8, 4) is 0 Å². The van der Waals surface area contributed by atoms with E-state index in [1.165, 1.54) is 0 Å². The van der Waals surface area contributed by atoms with Gasteiger partial charge in [0.2, 0.25) is 0 Å². The van der Waals surface area contributed by atoms with Gasteiger partial charge in [-0.2, -0.15) is 0 Å². The first-order chi connectivity index (χ1) is 13.3. The van der Waals surface area contributed by atoms with E-state index in [4.69, 9.17) is 9.47 Å². The summed E-state index contributed by atoms with van der Waals surface area (Å²) >= 11 is 0. The van der Waals surface area contributed by atoms with Crippen LogP contribution in [-0.4, -0.2) is 34.2 Å². The van der Waals surface area contributed by atoms with Crippen LogP contribution in [0.3, 0.4) is 0 Å². The second kappa shape index (κ2) is 6.99. The minimum Gasteiger partial charge on any atom is -0.478 e. The summed E-state index contributed by atoms with van der Waals surface area (Å²) in [6.07, 6.45) is 3.67. The monoisotopic (exact) mass is 404 g/mol. The summed E-state index contributed by atoms with van der Waals surface area (Å²) in [7, 11) is 0. The highest BCUT2D eigenvalue weighted by Crippen LogP contribution is 2.67. The first kappa shape index (κ1) is 21.6. The van der Waals surface area contributed by atoms with Crippen LogP contribution in [0.25, 0.3) is 0 Å². The molecule has 6 heteroatoms. The molecule has 0 saturated heterocycles. The van der Waals surface area contributed by atoms with Crippen molar-refractivity contribution in [2.45, 2.75) is 77.4 Å². The number of carbonyl (C=O) groups is 3. The van der Waals surface area contributed by atoms with Crippen molar-refractivity contribution in [3.05, 3.63) is 24.3 Å². The number of carboxylic acid groups (broad SMARTS) is 1. The van der Waals surface area contributed by atoms with E-state index in [0.717, 1.165) is 6.42 Å². The van der Waals surface area contributed by atoms with Crippen molar-refractivity contribution in [1.82, 2.24) is 0 Å². The molecule has 4 aliphatic rings. The zero-order valence-corrected chi connectivity index (χ0v) is 17.9. The van der Waals surface area contributed by atoms with Gasteiger partial charge in [0.1, 0.15) is 11.2 Å². The largest absolute Gasteiger partial charge is 0.478 e. The van der Waals surface area contributed by atoms with Crippen molar-refractivity contribution in [2.75, 3.05) is 0 Å². The second-order valence-electron chi connectivity index (χ2n) is 10.3. The summed E-state index contributed by atoms with van der Waals surface area (Å²) in [6, 6.07) is 0. The Labute approximate surface area is 172 Å². The lowest BCUT2D eigenvalue weighted by molar-refractivity contribution is -0.241. The number of rotatable bonds is 6. The number of esters is 2. The lowest BCUT2D eigenvalue weighted by Gasteiger charge is -2.64. The maximum Gasteiger partial charge on any atom is 0.333 e. The van der Waals surface area contributed by atoms with Gasteiger partial charge in [-0.15, -0.1) is 0 Å². The van der Waals surface area contributed by atoms with E-state index in [2.05, 4.69) is 13.2 Å². The molecule has 0 amide bonds. The Bertz CT molecular complexity index is 757. The van der Waals surface area contributed by atoms with E-state index in [1.807, 2.05) is 20.8 Å². The van der Waals surface area contributed by atoms with Gasteiger partial charge in [0, 0.05) is 17.1 Å². The Morgan fingerprint density at radius 3 is 2.07 bits per heavy atom. The molecule has 0 aliphatic heterocycles. The average molecular weight is 405 g/mol. The van der Waals surface area contributed by atoms with E-state index in [0.29, 0.717) is 31.3 Å². The topological polar surface area (TPSA) is 89.9 Å². The zero-order chi connectivity index (χ0) is 21.8. The van der Waals surface area contributed by atoms with Crippen LogP contribution in [0.1, 0.15) is 66.2 Å². The van der Waals surface area contributed by atoms with Gasteiger partial charge in [-0.25, -0.2) is 9.59 Å². The van der Waals surface area contributed by atoms with E-state index in [9.17, 15) is 19.5 Å². The van der Waals surface area contributed by atoms with Crippen molar-refractivity contribution in [2.24, 2.45) is 23.2 Å². The Kier molecular flexibility index (Phi) is 5.21. The predicted molar refractivity (Wildman–Crippen MR) is 107 cm³/mol. The third kappa shape index (κ3) is 3.86. The molecule has 4 saturated carbocycles. The fourth-order valence-corrected chi connectivity index (χ4v) is 6.03. The maximum absolute atomic E-state index is 13.5. The number of hydrogen-bond donors (Lipinski definition) is 1. The van der Waals surface area contributed by atoms with Gasteiger partial charge in [-0.05, 0) is 78.1 Å². The van der Waals surface area contributed by atoms with E-state index in [-0.39, 0.29) is 29.8 Å². The summed E-state index contributed by atoms with van der Waals surface area (Å²) < 4.78 is 11.8. The number of ether oxygens (including phenoxy) is 2. The van der Waals surface area contributed by atoms with Gasteiger partial charge in [-0.1, -0.05) is 13.2 Å². The maximum atomic E-state index is 13.5. The molecule has 4 rings (SSSR count). The minimum atomic E-state index is -1.10. The molecule has 1 N–H and O–H groups in total. The van der Waals surface area contributed by atoms with Crippen LogP contribution in [0.5, 0.6) is 0 Å². The van der Waals surface area contributed by atoms with Gasteiger partial charge in [-0.3, -0.25) is 4.79 Å². The quantitative estimate of drug-likeness (QED) is 0.531. The molecule has 0 aromatic rings. The molecule has 29 heavy (non-hydrogen) atoms. The lowest BCUT2D eigenvalue weighted by Crippen LogP contribution is -2.66. The molecule has 0 aromatic carbocycles. The third-order valence-corrected chi connectivity index (χ3v) is 6.75. The zero-order valence-electron chi connectivity index (χ0n) is 17.9. The summed E-state index contributed by atoms with van der Waals surface area (Å²) in [5.41, 5.74) is -2.07. The number of carbonyl (C=O) groups excluding carboxylic acids is 2. The fourth-order valence-electron chi connectivity index (χ4n) is 6.03. The van der Waals surface area contributed by atoms with Crippen LogP contribution in [-0.2, 0) is 23.9 Å². The van der Waals surface area contributed by atoms with Crippen molar-refractivity contribution < 1.29 is 29.0 Å². The van der Waals surface area contributed by atoms with Crippen LogP contribution in [0.2, 0.25) is 0 Å². The van der Waals surface area contributed by atoms with E-state index in [1.54, 1.807) is 6.92 Å². The summed E-state index contributed by atoms with van der Waals surface area (Å²) in [5.74, 6) is -1.86. The van der Waals surface area contributed by atoms with Gasteiger partial charge >= 0.3 is 17.9 Å². The van der Waals surface area contributed by atoms with Crippen molar-refractivity contribution >= 4 is 17.9 Å². The first-order valence-corrected chi connectivity index (χ1v) is 10.3. The normalized spacial score (nSPS) is 35.1. The highest BCUT2D eigenvalue weighted by molar-refractivity contribution is 5.88. The van der Waals surface area contributed by atoms with Crippen LogP contribution in [0, 0.1) is 23.2 Å². The first-order valence-electron chi connectivity index (χ1n) is 10.3. The lowest BCUT2D eigenvalue weighted by atomic mass is 9.42. The number of aliphatic carboxylic acids is 1. The van der Waals surface area contributed by atoms with Crippen molar-refractivity contribution in [3.63, 3.8) is 0 Å². The van der Waals surface area contributed by atoms with Gasteiger partial charge < -0.3 is 14.6 Å². The molecule has 3 unspecified atom stereocenters. The SMILES string of the molecule is C=C(C)C(=O)OC12CC3CC(C1)CC(C(=O)OC(C)(C)C)(C3)C2CC(=C)C(=O)O. The Hall–Kier alpha value is -2.11. The fraction of sp³-hybridized carbons (Fsp3) is 0.696. The van der Waals surface area contributed by atoms with E-state index < -0.39 is 34.5 Å². The molecule has 0 radical (unpaired) electrons. The molecule has 4 bridgehead atoms. The second-order valence-corrected chi connectivity index (χ2v) is 10.3. The smallest absolute Gasteiger partial charge is 0.333 e. The number of hydrogen-bond acceptors (Lipinski definition) is 5. The highest BCUT2D eigenvalue weighted by Gasteiger charge is 2.69. The van der Waals surface area contributed by atoms with Crippen LogP contribution < -0.4 is 0 Å². The van der Waals surface area contributed by atoms with Crippen LogP contribution >= 0.6 is 0 Å². The molecule has 4 aliphatic carbocycles. The van der Waals surface area contributed by atoms with Crippen LogP contribution in [0.15, 0.2) is 24.3 Å². The Morgan fingerprint density at radius 1 is 1.07 bits per heavy atom. The Morgan fingerprint density at radius 2 is 1.62 bits per heavy atom. The molecule has 3 atom stereocenters. The van der Waals surface area contributed by atoms with Crippen LogP contribution in [0.4, 0.5) is 0 Å². The molecule has 160 valence electrons. The molecular formula is C23H32O6. The Balaban J connectivity index is 2.06. The molecule has 0 aromatic heterocycles. The summed E-state index contributed by atoms with van der Waals surface area (Å²) in [6.45, 7) is 14.5. The average Bonchev–Trinajstić information content (AvgIpc) is 2.55. The predicted octanol–water partition coefficient (Wildman–Crippen LogP) is 4.04. The summed E-state index contributed by atoms with van der Waals surface area (Å²) in [5, 5.41) is 9.46. The highest BCUT2D eigenvalue weighted by atomic mass is 16.6. The van der Waals surface area contributed by atoms with Gasteiger partial charge in [0.05, 0.1) is 5.41 Å². The van der Waals surface area contributed by atoms with Crippen molar-refractivity contribution in [1.29, 1.82) is 0 Å². The molecule has 0 spiro atoms. The van der Waals surface area contributed by atoms with E-state index >= 15 is 0 Å². The standard InChI is InChI=1S/C23H32O6/c1-13(2)19(26)28-23-11-15-8-16(12-23)10-22(9-15,20(27)29-21(4,5)6)17(23)7-14(3)18(24)25/h15-17H,1,3,7-12H2,2,4-6H3,(H,24,25). The molecule has 0 heterocycles. The molecule has 4 fully saturated rings. The molecular weight excluding hydrogens is 372 g/mol. The summed E-state index contributed by atoms with van der Waals surface area (Å²) in [4.78, 5) is 37.6. The minimum absolute atomic E-state index is 0.0242. The van der Waals surface area contributed by atoms with Gasteiger partial charge in [0.25, 0.3) is 0 Å². The molecule has 6 nitrogen and oxygen atoms in total. The third-order valence-electron chi connectivity index (χ3n) is 6.75.